The van der Waals surface area contributed by atoms with Crippen LogP contribution in [0.25, 0.3) is 0 Å². The third kappa shape index (κ3) is 1.92. The van der Waals surface area contributed by atoms with Gasteiger partial charge in [0.05, 0.1) is 23.8 Å². The van der Waals surface area contributed by atoms with E-state index in [1.807, 2.05) is 19.1 Å². The number of aryl methyl sites for hydroxylation is 1. The van der Waals surface area contributed by atoms with E-state index in [0.29, 0.717) is 11.1 Å². The molecule has 0 aliphatic rings. The molecule has 14 heavy (non-hydrogen) atoms. The van der Waals surface area contributed by atoms with Crippen LogP contribution < -0.4 is 5.73 Å². The number of benzene rings is 1. The van der Waals surface area contributed by atoms with Gasteiger partial charge in [0.25, 0.3) is 0 Å². The standard InChI is InChI=1S/C11H14N2O/c1-7-4-3-5-9(10(7)6-12)11(13)8(2)14/h3-5,8,11,14H,13H2,1-2H3/t8-,11-/m1/s1. The normalized spacial score (nSPS) is 14.5. The number of rotatable bonds is 2. The maximum Gasteiger partial charge on any atom is 0.0997 e. The minimum absolute atomic E-state index is 0.496. The van der Waals surface area contributed by atoms with Gasteiger partial charge in [0.15, 0.2) is 0 Å². The summed E-state index contributed by atoms with van der Waals surface area (Å²) in [6, 6.07) is 7.09. The Morgan fingerprint density at radius 1 is 1.50 bits per heavy atom. The zero-order valence-corrected chi connectivity index (χ0v) is 8.36. The number of aliphatic hydroxyl groups is 1. The van der Waals surface area contributed by atoms with Crippen LogP contribution >= 0.6 is 0 Å². The van der Waals surface area contributed by atoms with Crippen LogP contribution in [0.5, 0.6) is 0 Å². The lowest BCUT2D eigenvalue weighted by molar-refractivity contribution is 0.164. The Morgan fingerprint density at radius 2 is 2.14 bits per heavy atom. The molecule has 0 saturated heterocycles. The maximum atomic E-state index is 9.35. The zero-order chi connectivity index (χ0) is 10.7. The molecular formula is C11H14N2O. The SMILES string of the molecule is Cc1cccc([C@H](N)[C@@H](C)O)c1C#N. The molecule has 1 rings (SSSR count). The minimum atomic E-state index is -0.649. The molecule has 2 atom stereocenters. The first-order valence-corrected chi connectivity index (χ1v) is 4.51. The molecule has 3 nitrogen and oxygen atoms in total. The maximum absolute atomic E-state index is 9.35. The highest BCUT2D eigenvalue weighted by molar-refractivity contribution is 5.45. The lowest BCUT2D eigenvalue weighted by Gasteiger charge is -2.17. The van der Waals surface area contributed by atoms with Gasteiger partial charge in [0.1, 0.15) is 0 Å². The van der Waals surface area contributed by atoms with E-state index in [2.05, 4.69) is 6.07 Å². The third-order valence-electron chi connectivity index (χ3n) is 2.30. The van der Waals surface area contributed by atoms with E-state index < -0.39 is 12.1 Å². The van der Waals surface area contributed by atoms with Gasteiger partial charge in [-0.05, 0) is 25.0 Å². The number of hydrogen-bond donors (Lipinski definition) is 2. The smallest absolute Gasteiger partial charge is 0.0997 e. The van der Waals surface area contributed by atoms with Gasteiger partial charge in [-0.25, -0.2) is 0 Å². The van der Waals surface area contributed by atoms with Gasteiger partial charge in [-0.15, -0.1) is 0 Å². The van der Waals surface area contributed by atoms with Crippen LogP contribution in [0, 0.1) is 18.3 Å². The second kappa shape index (κ2) is 4.23. The Bertz CT molecular complexity index is 366. The molecule has 0 spiro atoms. The Hall–Kier alpha value is -1.37. The van der Waals surface area contributed by atoms with Gasteiger partial charge in [-0.1, -0.05) is 18.2 Å². The largest absolute Gasteiger partial charge is 0.391 e. The number of nitriles is 1. The molecule has 0 aromatic heterocycles. The van der Waals surface area contributed by atoms with Crippen molar-refractivity contribution in [3.05, 3.63) is 34.9 Å². The van der Waals surface area contributed by atoms with Gasteiger partial charge in [-0.2, -0.15) is 5.26 Å². The fraction of sp³-hybridized carbons (Fsp3) is 0.364. The Balaban J connectivity index is 3.22. The van der Waals surface area contributed by atoms with Gasteiger partial charge in [-0.3, -0.25) is 0 Å². The molecule has 0 aliphatic heterocycles. The van der Waals surface area contributed by atoms with E-state index in [9.17, 15) is 5.11 Å². The van der Waals surface area contributed by atoms with Crippen molar-refractivity contribution >= 4 is 0 Å². The quantitative estimate of drug-likeness (QED) is 0.737. The summed E-state index contributed by atoms with van der Waals surface area (Å²) in [6.07, 6.45) is -0.649. The molecule has 0 unspecified atom stereocenters. The van der Waals surface area contributed by atoms with Crippen LogP contribution in [-0.4, -0.2) is 11.2 Å². The summed E-state index contributed by atoms with van der Waals surface area (Å²) in [6.45, 7) is 3.48. The Kier molecular flexibility index (Phi) is 3.23. The highest BCUT2D eigenvalue weighted by Gasteiger charge is 2.16. The van der Waals surface area contributed by atoms with Crippen molar-refractivity contribution in [3.8, 4) is 6.07 Å². The lowest BCUT2D eigenvalue weighted by atomic mass is 9.95. The van der Waals surface area contributed by atoms with Crippen LogP contribution in [0.15, 0.2) is 18.2 Å². The minimum Gasteiger partial charge on any atom is -0.391 e. The van der Waals surface area contributed by atoms with Gasteiger partial charge < -0.3 is 10.8 Å². The van der Waals surface area contributed by atoms with Crippen molar-refractivity contribution in [3.63, 3.8) is 0 Å². The summed E-state index contributed by atoms with van der Waals surface area (Å²) >= 11 is 0. The average molecular weight is 190 g/mol. The molecule has 3 heteroatoms. The summed E-state index contributed by atoms with van der Waals surface area (Å²) in [5, 5.41) is 18.3. The number of hydrogen-bond acceptors (Lipinski definition) is 3. The Morgan fingerprint density at radius 3 is 2.64 bits per heavy atom. The summed E-state index contributed by atoms with van der Waals surface area (Å²) in [4.78, 5) is 0. The van der Waals surface area contributed by atoms with E-state index in [0.717, 1.165) is 5.56 Å². The molecule has 0 amide bonds. The number of nitrogens with two attached hydrogens (primary N) is 1. The number of aliphatic hydroxyl groups excluding tert-OH is 1. The molecule has 0 aliphatic carbocycles. The molecule has 74 valence electrons. The zero-order valence-electron chi connectivity index (χ0n) is 8.36. The van der Waals surface area contributed by atoms with Gasteiger partial charge >= 0.3 is 0 Å². The molecule has 3 N–H and O–H groups in total. The highest BCUT2D eigenvalue weighted by atomic mass is 16.3. The van der Waals surface area contributed by atoms with Crippen molar-refractivity contribution in [1.29, 1.82) is 5.26 Å². The Labute approximate surface area is 83.8 Å². The van der Waals surface area contributed by atoms with E-state index in [4.69, 9.17) is 11.0 Å². The van der Waals surface area contributed by atoms with Crippen molar-refractivity contribution < 1.29 is 5.11 Å². The van der Waals surface area contributed by atoms with Crippen LogP contribution in [0.1, 0.15) is 29.7 Å². The summed E-state index contributed by atoms with van der Waals surface area (Å²) < 4.78 is 0. The van der Waals surface area contributed by atoms with Crippen molar-refractivity contribution in [2.75, 3.05) is 0 Å². The van der Waals surface area contributed by atoms with E-state index in [1.165, 1.54) is 0 Å². The molecule has 1 aromatic rings. The molecule has 0 radical (unpaired) electrons. The molecule has 0 fully saturated rings. The van der Waals surface area contributed by atoms with Crippen molar-refractivity contribution in [2.45, 2.75) is 26.0 Å². The first kappa shape index (κ1) is 10.7. The van der Waals surface area contributed by atoms with E-state index in [-0.39, 0.29) is 0 Å². The fourth-order valence-electron chi connectivity index (χ4n) is 1.38. The second-order valence-corrected chi connectivity index (χ2v) is 3.42. The summed E-state index contributed by atoms with van der Waals surface area (Å²) in [5.74, 6) is 0. The summed E-state index contributed by atoms with van der Waals surface area (Å²) in [5.41, 5.74) is 7.95. The molecule has 0 heterocycles. The monoisotopic (exact) mass is 190 g/mol. The molecule has 1 aromatic carbocycles. The van der Waals surface area contributed by atoms with E-state index in [1.54, 1.807) is 13.0 Å². The van der Waals surface area contributed by atoms with Crippen LogP contribution in [0.3, 0.4) is 0 Å². The fourth-order valence-corrected chi connectivity index (χ4v) is 1.38. The topological polar surface area (TPSA) is 70.0 Å². The van der Waals surface area contributed by atoms with Gasteiger partial charge in [0.2, 0.25) is 0 Å². The number of nitrogens with zero attached hydrogens (tertiary/aromatic N) is 1. The molecule has 0 bridgehead atoms. The van der Waals surface area contributed by atoms with Crippen molar-refractivity contribution in [2.24, 2.45) is 5.73 Å². The third-order valence-corrected chi connectivity index (χ3v) is 2.30. The second-order valence-electron chi connectivity index (χ2n) is 3.42. The molecule has 0 saturated carbocycles. The van der Waals surface area contributed by atoms with Crippen LogP contribution in [0.2, 0.25) is 0 Å². The van der Waals surface area contributed by atoms with Crippen LogP contribution in [0.4, 0.5) is 0 Å². The van der Waals surface area contributed by atoms with E-state index >= 15 is 0 Å². The first-order valence-electron chi connectivity index (χ1n) is 4.51. The predicted octanol–water partition coefficient (Wildman–Crippen LogP) is 1.25. The average Bonchev–Trinajstić information content (AvgIpc) is 2.16. The van der Waals surface area contributed by atoms with Crippen molar-refractivity contribution in [1.82, 2.24) is 0 Å². The highest BCUT2D eigenvalue weighted by Crippen LogP contribution is 2.21. The first-order chi connectivity index (χ1) is 6.57. The summed E-state index contributed by atoms with van der Waals surface area (Å²) in [7, 11) is 0. The predicted molar refractivity (Wildman–Crippen MR) is 54.5 cm³/mol. The van der Waals surface area contributed by atoms with Crippen LogP contribution in [-0.2, 0) is 0 Å². The van der Waals surface area contributed by atoms with Gasteiger partial charge in [0, 0.05) is 0 Å². The molecular weight excluding hydrogens is 176 g/mol. The lowest BCUT2D eigenvalue weighted by Crippen LogP contribution is -2.24.